The number of rotatable bonds is 6. The second-order valence-corrected chi connectivity index (χ2v) is 8.94. The van der Waals surface area contributed by atoms with Gasteiger partial charge in [0.2, 0.25) is 0 Å². The van der Waals surface area contributed by atoms with Crippen LogP contribution in [0.3, 0.4) is 0 Å². The standard InChI is InChI=1S/C26H26F3N3O3/c1-13-9-14(10-19(30)26(13)34)16-7-8-31-12-15(16)11-21(33)20-5-3-18(28)25(32-20)23-17(27)4-6-22(35-2)24(23)29/h3-8,12-14,19,26,34H,9-11,30H2,1-2H3/t13-,14+,19+,26+/m0/s1. The van der Waals surface area contributed by atoms with Gasteiger partial charge in [-0.2, -0.15) is 0 Å². The molecule has 0 spiro atoms. The molecule has 1 aliphatic rings. The fraction of sp³-hybridized carbons (Fsp3) is 0.346. The predicted molar refractivity (Wildman–Crippen MR) is 123 cm³/mol. The van der Waals surface area contributed by atoms with Crippen molar-refractivity contribution in [1.82, 2.24) is 9.97 Å². The summed E-state index contributed by atoms with van der Waals surface area (Å²) < 4.78 is 48.6. The number of hydrogen-bond acceptors (Lipinski definition) is 6. The normalized spacial score (nSPS) is 22.1. The van der Waals surface area contributed by atoms with Crippen LogP contribution < -0.4 is 10.5 Å². The van der Waals surface area contributed by atoms with E-state index in [1.54, 1.807) is 12.4 Å². The first kappa shape index (κ1) is 24.8. The minimum Gasteiger partial charge on any atom is -0.494 e. The number of ketones is 1. The Hall–Kier alpha value is -3.30. The Kier molecular flexibility index (Phi) is 7.18. The van der Waals surface area contributed by atoms with Gasteiger partial charge in [0.05, 0.1) is 18.8 Å². The van der Waals surface area contributed by atoms with Gasteiger partial charge in [0, 0.05) is 24.9 Å². The number of halogens is 3. The van der Waals surface area contributed by atoms with Gasteiger partial charge in [-0.3, -0.25) is 9.78 Å². The van der Waals surface area contributed by atoms with Crippen molar-refractivity contribution in [2.24, 2.45) is 11.7 Å². The summed E-state index contributed by atoms with van der Waals surface area (Å²) in [6, 6.07) is 5.62. The van der Waals surface area contributed by atoms with Crippen LogP contribution in [0, 0.1) is 23.4 Å². The average Bonchev–Trinajstić information content (AvgIpc) is 2.83. The number of benzene rings is 1. The van der Waals surface area contributed by atoms with Crippen molar-refractivity contribution in [3.8, 4) is 17.0 Å². The zero-order valence-electron chi connectivity index (χ0n) is 19.3. The van der Waals surface area contributed by atoms with Gasteiger partial charge in [-0.25, -0.2) is 18.2 Å². The third-order valence-corrected chi connectivity index (χ3v) is 6.61. The summed E-state index contributed by atoms with van der Waals surface area (Å²) >= 11 is 0. The first-order chi connectivity index (χ1) is 16.7. The van der Waals surface area contributed by atoms with E-state index in [9.17, 15) is 23.1 Å². The summed E-state index contributed by atoms with van der Waals surface area (Å²) in [6.45, 7) is 1.93. The molecule has 0 saturated heterocycles. The molecular weight excluding hydrogens is 459 g/mol. The summed E-state index contributed by atoms with van der Waals surface area (Å²) in [5.74, 6) is -3.82. The maximum atomic E-state index is 14.7. The average molecular weight is 486 g/mol. The Labute approximate surface area is 201 Å². The molecular formula is C26H26F3N3O3. The first-order valence-electron chi connectivity index (χ1n) is 11.3. The van der Waals surface area contributed by atoms with E-state index in [2.05, 4.69) is 9.97 Å². The zero-order chi connectivity index (χ0) is 25.3. The highest BCUT2D eigenvalue weighted by atomic mass is 19.1. The summed E-state index contributed by atoms with van der Waals surface area (Å²) in [7, 11) is 1.20. The van der Waals surface area contributed by atoms with E-state index in [4.69, 9.17) is 10.5 Å². The van der Waals surface area contributed by atoms with Gasteiger partial charge in [-0.15, -0.1) is 0 Å². The molecule has 4 atom stereocenters. The van der Waals surface area contributed by atoms with Gasteiger partial charge >= 0.3 is 0 Å². The van der Waals surface area contributed by atoms with Crippen molar-refractivity contribution in [1.29, 1.82) is 0 Å². The lowest BCUT2D eigenvalue weighted by atomic mass is 9.74. The van der Waals surface area contributed by atoms with Crippen LogP contribution in [-0.2, 0) is 6.42 Å². The number of hydrogen-bond donors (Lipinski definition) is 2. The first-order valence-corrected chi connectivity index (χ1v) is 11.3. The Morgan fingerprint density at radius 3 is 2.60 bits per heavy atom. The maximum Gasteiger partial charge on any atom is 0.185 e. The van der Waals surface area contributed by atoms with E-state index in [0.717, 1.165) is 23.8 Å². The fourth-order valence-corrected chi connectivity index (χ4v) is 4.76. The van der Waals surface area contributed by atoms with Crippen LogP contribution >= 0.6 is 0 Å². The minimum absolute atomic E-state index is 0.00514. The predicted octanol–water partition coefficient (Wildman–Crippen LogP) is 4.20. The number of aliphatic hydroxyl groups excluding tert-OH is 1. The molecule has 0 bridgehead atoms. The second kappa shape index (κ2) is 10.1. The number of methoxy groups -OCH3 is 1. The highest BCUT2D eigenvalue weighted by molar-refractivity contribution is 5.96. The van der Waals surface area contributed by atoms with E-state index in [1.807, 2.05) is 13.0 Å². The summed E-state index contributed by atoms with van der Waals surface area (Å²) in [5, 5.41) is 10.2. The Morgan fingerprint density at radius 2 is 1.89 bits per heavy atom. The molecule has 1 saturated carbocycles. The van der Waals surface area contributed by atoms with Crippen LogP contribution in [0.25, 0.3) is 11.3 Å². The summed E-state index contributed by atoms with van der Waals surface area (Å²) in [5.41, 5.74) is 6.22. The third-order valence-electron chi connectivity index (χ3n) is 6.61. The number of carbonyl (C=O) groups excluding carboxylic acids is 1. The van der Waals surface area contributed by atoms with E-state index in [1.165, 1.54) is 13.2 Å². The van der Waals surface area contributed by atoms with Crippen molar-refractivity contribution in [2.75, 3.05) is 7.11 Å². The van der Waals surface area contributed by atoms with E-state index in [0.29, 0.717) is 18.4 Å². The molecule has 2 heterocycles. The molecule has 0 radical (unpaired) electrons. The number of nitrogens with two attached hydrogens (primary N) is 1. The van der Waals surface area contributed by atoms with Crippen molar-refractivity contribution in [2.45, 2.75) is 44.2 Å². The molecule has 184 valence electrons. The van der Waals surface area contributed by atoms with Crippen LogP contribution in [0.5, 0.6) is 5.75 Å². The second-order valence-electron chi connectivity index (χ2n) is 8.94. The minimum atomic E-state index is -1.11. The van der Waals surface area contributed by atoms with Crippen LogP contribution in [0.15, 0.2) is 42.7 Å². The maximum absolute atomic E-state index is 14.7. The van der Waals surface area contributed by atoms with Crippen LogP contribution in [0.4, 0.5) is 13.2 Å². The number of Topliss-reactive ketones (excluding diaryl/α,β-unsaturated/α-hetero) is 1. The number of aliphatic hydroxyl groups is 1. The topological polar surface area (TPSA) is 98.3 Å². The number of pyridine rings is 2. The smallest absolute Gasteiger partial charge is 0.185 e. The Morgan fingerprint density at radius 1 is 1.14 bits per heavy atom. The van der Waals surface area contributed by atoms with Gasteiger partial charge in [0.25, 0.3) is 0 Å². The molecule has 1 aliphatic carbocycles. The number of ether oxygens (including phenoxy) is 1. The lowest BCUT2D eigenvalue weighted by Gasteiger charge is -2.36. The largest absolute Gasteiger partial charge is 0.494 e. The highest BCUT2D eigenvalue weighted by Crippen LogP contribution is 2.37. The number of nitrogens with zero attached hydrogens (tertiary/aromatic N) is 2. The summed E-state index contributed by atoms with van der Waals surface area (Å²) in [4.78, 5) is 21.2. The van der Waals surface area contributed by atoms with Crippen LogP contribution in [-0.4, -0.2) is 40.1 Å². The molecule has 35 heavy (non-hydrogen) atoms. The quantitative estimate of drug-likeness (QED) is 0.508. The summed E-state index contributed by atoms with van der Waals surface area (Å²) in [6.07, 6.45) is 3.80. The number of carbonyl (C=O) groups is 1. The molecule has 3 N–H and O–H groups in total. The third kappa shape index (κ3) is 4.92. The Bertz CT molecular complexity index is 1240. The van der Waals surface area contributed by atoms with E-state index >= 15 is 0 Å². The Balaban J connectivity index is 1.65. The highest BCUT2D eigenvalue weighted by Gasteiger charge is 2.34. The molecule has 0 amide bonds. The molecule has 0 aliphatic heterocycles. The molecule has 4 rings (SSSR count). The monoisotopic (exact) mass is 485 g/mol. The SMILES string of the molecule is COc1ccc(F)c(-c2nc(C(=O)Cc3cnccc3[C@H]3C[C@@H](N)[C@H](O)[C@@H](C)C3)ccc2F)c1F. The fourth-order valence-electron chi connectivity index (χ4n) is 4.76. The van der Waals surface area contributed by atoms with Crippen LogP contribution in [0.2, 0.25) is 0 Å². The van der Waals surface area contributed by atoms with Gasteiger partial charge in [-0.05, 0) is 66.1 Å². The lowest BCUT2D eigenvalue weighted by molar-refractivity contribution is 0.0519. The molecule has 2 aromatic heterocycles. The lowest BCUT2D eigenvalue weighted by Crippen LogP contribution is -2.44. The van der Waals surface area contributed by atoms with Crippen molar-refractivity contribution < 1.29 is 27.8 Å². The molecule has 9 heteroatoms. The van der Waals surface area contributed by atoms with Gasteiger partial charge < -0.3 is 15.6 Å². The van der Waals surface area contributed by atoms with Gasteiger partial charge in [-0.1, -0.05) is 6.92 Å². The zero-order valence-corrected chi connectivity index (χ0v) is 19.3. The molecule has 1 fully saturated rings. The molecule has 3 aromatic rings. The van der Waals surface area contributed by atoms with Crippen molar-refractivity contribution >= 4 is 5.78 Å². The number of aromatic nitrogens is 2. The van der Waals surface area contributed by atoms with Crippen molar-refractivity contribution in [3.05, 3.63) is 77.0 Å². The molecule has 0 unspecified atom stereocenters. The van der Waals surface area contributed by atoms with Crippen molar-refractivity contribution in [3.63, 3.8) is 0 Å². The van der Waals surface area contributed by atoms with E-state index < -0.39 is 40.6 Å². The van der Waals surface area contributed by atoms with Gasteiger partial charge in [0.1, 0.15) is 23.0 Å². The van der Waals surface area contributed by atoms with Gasteiger partial charge in [0.15, 0.2) is 17.3 Å². The van der Waals surface area contributed by atoms with E-state index in [-0.39, 0.29) is 35.7 Å². The van der Waals surface area contributed by atoms with Crippen LogP contribution in [0.1, 0.15) is 47.3 Å². The molecule has 1 aromatic carbocycles. The molecule has 6 nitrogen and oxygen atoms in total.